The quantitative estimate of drug-likeness (QED) is 0.366. The minimum atomic E-state index is -5.40. The van der Waals surface area contributed by atoms with Crippen LogP contribution in [0.4, 0.5) is 35.1 Å². The molecule has 0 aliphatic rings. The van der Waals surface area contributed by atoms with Gasteiger partial charge >= 0.3 is 12.4 Å². The Morgan fingerprint density at radius 1 is 0.457 bits per heavy atom. The van der Waals surface area contributed by atoms with Gasteiger partial charge in [-0.15, -0.1) is 0 Å². The third-order valence-electron chi connectivity index (χ3n) is 6.27. The van der Waals surface area contributed by atoms with Gasteiger partial charge in [-0.2, -0.15) is 68.4 Å². The van der Waals surface area contributed by atoms with Gasteiger partial charge in [-0.25, -0.2) is 8.78 Å². The van der Waals surface area contributed by atoms with Crippen LogP contribution in [-0.2, 0) is 12.4 Å². The number of halogens is 8. The third kappa shape index (κ3) is 5.46. The Kier molecular flexibility index (Phi) is 8.80. The molecule has 3 aromatic carbocycles. The summed E-state index contributed by atoms with van der Waals surface area (Å²) in [5, 5.41) is 72.9. The lowest BCUT2D eigenvalue weighted by molar-refractivity contribution is -0.138. The van der Waals surface area contributed by atoms with Crippen LogP contribution in [0.3, 0.4) is 0 Å². The Bertz CT molecular complexity index is 2180. The lowest BCUT2D eigenvalue weighted by Gasteiger charge is -2.16. The predicted molar refractivity (Wildman–Crippen MR) is 133 cm³/mol. The molecule has 0 aliphatic heterocycles. The molecule has 0 fully saturated rings. The van der Waals surface area contributed by atoms with Crippen molar-refractivity contribution in [3.8, 4) is 48.6 Å². The predicted octanol–water partition coefficient (Wildman–Crippen LogP) is 4.68. The second kappa shape index (κ2) is 12.2. The smallest absolute Gasteiger partial charge is 0.205 e. The van der Waals surface area contributed by atoms with Crippen molar-refractivity contribution in [1.82, 2.24) is 0 Å². The summed E-state index contributed by atoms with van der Waals surface area (Å²) in [6.45, 7) is 0. The Morgan fingerprint density at radius 3 is 0.957 bits per heavy atom. The van der Waals surface area contributed by atoms with Crippen molar-refractivity contribution in [3.63, 3.8) is 0 Å². The van der Waals surface area contributed by atoms with Crippen molar-refractivity contribution in [3.05, 3.63) is 102 Å². The molecular formula is C30H4F8N8. The summed E-state index contributed by atoms with van der Waals surface area (Å²) >= 11 is 0. The molecule has 3 rings (SSSR count). The number of hydrogen-bond donors (Lipinski definition) is 0. The van der Waals surface area contributed by atoms with Gasteiger partial charge in [0, 0.05) is 11.1 Å². The molecule has 0 radical (unpaired) electrons. The topological polar surface area (TPSA) is 190 Å². The van der Waals surface area contributed by atoms with Gasteiger partial charge in [0.1, 0.15) is 48.6 Å². The molecule has 0 N–H and O–H groups in total. The Labute approximate surface area is 251 Å². The normalized spacial score (nSPS) is 12.0. The van der Waals surface area contributed by atoms with Gasteiger partial charge in [0.25, 0.3) is 0 Å². The molecule has 3 aromatic rings. The maximum atomic E-state index is 16.1. The van der Waals surface area contributed by atoms with Crippen molar-refractivity contribution >= 4 is 11.1 Å². The number of hydrogen-bond acceptors (Lipinski definition) is 8. The van der Waals surface area contributed by atoms with E-state index in [1.807, 2.05) is 0 Å². The molecule has 0 spiro atoms. The molecule has 0 atom stereocenters. The van der Waals surface area contributed by atoms with Crippen molar-refractivity contribution in [2.24, 2.45) is 0 Å². The summed E-state index contributed by atoms with van der Waals surface area (Å²) < 4.78 is 116. The van der Waals surface area contributed by atoms with Gasteiger partial charge in [-0.3, -0.25) is 0 Å². The van der Waals surface area contributed by atoms with E-state index in [9.17, 15) is 57.9 Å². The molecule has 0 amide bonds. The van der Waals surface area contributed by atoms with Gasteiger partial charge in [0.15, 0.2) is 11.6 Å². The maximum Gasteiger partial charge on any atom is 0.417 e. The van der Waals surface area contributed by atoms with Gasteiger partial charge < -0.3 is 0 Å². The Balaban J connectivity index is 2.82. The summed E-state index contributed by atoms with van der Waals surface area (Å²) in [7, 11) is 0. The second-order valence-corrected chi connectivity index (χ2v) is 8.65. The summed E-state index contributed by atoms with van der Waals surface area (Å²) in [4.78, 5) is 0. The number of benzene rings is 3. The van der Waals surface area contributed by atoms with E-state index in [0.29, 0.717) is 12.1 Å². The molecule has 0 saturated heterocycles. The van der Waals surface area contributed by atoms with E-state index in [2.05, 4.69) is 0 Å². The molecule has 0 bridgehead atoms. The van der Waals surface area contributed by atoms with E-state index in [1.54, 1.807) is 0 Å². The molecular weight excluding hydrogens is 624 g/mol. The molecule has 16 heteroatoms. The standard InChI is InChI=1S/C30H4F8N8/c31-27-22(12-46)26(20(10-44)18-2-14(6-40)16(8-42)4-24(18)30(36,37)38)28(32)21(11-45)25(27)19(9-43)17-1-13(5-39)15(7-41)3-23(17)29(33,34)35/h1-4H/b25-19+,26-20+. The van der Waals surface area contributed by atoms with E-state index in [1.165, 1.54) is 24.3 Å². The summed E-state index contributed by atoms with van der Waals surface area (Å²) in [6.07, 6.45) is -10.8. The first-order valence-corrected chi connectivity index (χ1v) is 11.6. The highest BCUT2D eigenvalue weighted by Gasteiger charge is 2.38. The van der Waals surface area contributed by atoms with Crippen LogP contribution in [0, 0.1) is 102 Å². The number of nitriles is 8. The summed E-state index contributed by atoms with van der Waals surface area (Å²) in [6, 6.07) is 10.8. The van der Waals surface area contributed by atoms with Gasteiger partial charge in [0.2, 0.25) is 0 Å². The van der Waals surface area contributed by atoms with E-state index in [4.69, 9.17) is 10.5 Å². The summed E-state index contributed by atoms with van der Waals surface area (Å²) in [5.41, 5.74) is -15.7. The largest absolute Gasteiger partial charge is 0.417 e. The highest BCUT2D eigenvalue weighted by molar-refractivity contribution is 5.84. The maximum absolute atomic E-state index is 16.1. The number of alkyl halides is 6. The van der Waals surface area contributed by atoms with Crippen molar-refractivity contribution in [2.45, 2.75) is 12.4 Å². The Morgan fingerprint density at radius 2 is 0.739 bits per heavy atom. The first kappa shape index (κ1) is 33.3. The van der Waals surface area contributed by atoms with Crippen molar-refractivity contribution < 1.29 is 35.1 Å². The Hall–Kier alpha value is -7.24. The van der Waals surface area contributed by atoms with Crippen LogP contribution < -0.4 is 10.4 Å². The molecule has 46 heavy (non-hydrogen) atoms. The third-order valence-corrected chi connectivity index (χ3v) is 6.27. The van der Waals surface area contributed by atoms with Crippen LogP contribution in [0.25, 0.3) is 11.1 Å². The zero-order chi connectivity index (χ0) is 34.7. The van der Waals surface area contributed by atoms with Crippen molar-refractivity contribution in [2.75, 3.05) is 0 Å². The van der Waals surface area contributed by atoms with Gasteiger partial charge in [0.05, 0.1) is 66.1 Å². The van der Waals surface area contributed by atoms with E-state index >= 15 is 8.78 Å². The van der Waals surface area contributed by atoms with E-state index in [0.717, 1.165) is 24.3 Å². The van der Waals surface area contributed by atoms with Crippen LogP contribution >= 0.6 is 0 Å². The average Bonchev–Trinajstić information content (AvgIpc) is 3.01. The van der Waals surface area contributed by atoms with Crippen LogP contribution in [0.2, 0.25) is 0 Å². The van der Waals surface area contributed by atoms with Crippen molar-refractivity contribution in [1.29, 1.82) is 42.1 Å². The first-order valence-electron chi connectivity index (χ1n) is 11.6. The van der Waals surface area contributed by atoms with Gasteiger partial charge in [-0.05, 0) is 24.3 Å². The SMILES string of the molecule is N#C/C(c1cc(C#N)c(C#N)cc1C(F)(F)F)=c1\c(F)c(C#N)/c(=C(/C#N)c2cc(C#N)c(C#N)cc2C(F)(F)F)c(F)c1C#N. The number of nitrogens with zero attached hydrogens (tertiary/aromatic N) is 8. The molecule has 0 aliphatic carbocycles. The molecule has 0 saturated carbocycles. The van der Waals surface area contributed by atoms with E-state index < -0.39 is 101 Å². The van der Waals surface area contributed by atoms with Crippen LogP contribution in [-0.4, -0.2) is 0 Å². The lowest BCUT2D eigenvalue weighted by atomic mass is 9.89. The van der Waals surface area contributed by atoms with Gasteiger partial charge in [-0.1, -0.05) is 0 Å². The van der Waals surface area contributed by atoms with Crippen LogP contribution in [0.5, 0.6) is 0 Å². The minimum Gasteiger partial charge on any atom is -0.205 e. The van der Waals surface area contributed by atoms with E-state index in [-0.39, 0.29) is 12.1 Å². The fourth-order valence-electron chi connectivity index (χ4n) is 4.32. The summed E-state index contributed by atoms with van der Waals surface area (Å²) in [5.74, 6) is -4.23. The highest BCUT2D eigenvalue weighted by atomic mass is 19.4. The molecule has 220 valence electrons. The fraction of sp³-hybridized carbons (Fsp3) is 0.0667. The molecule has 0 aromatic heterocycles. The zero-order valence-corrected chi connectivity index (χ0v) is 21.9. The zero-order valence-electron chi connectivity index (χ0n) is 21.9. The fourth-order valence-corrected chi connectivity index (χ4v) is 4.32. The number of rotatable bonds is 2. The van der Waals surface area contributed by atoms with Crippen LogP contribution in [0.1, 0.15) is 55.6 Å². The molecule has 0 unspecified atom stereocenters. The average molecular weight is 628 g/mol. The first-order chi connectivity index (χ1) is 21.6. The van der Waals surface area contributed by atoms with Crippen LogP contribution in [0.15, 0.2) is 24.3 Å². The molecule has 8 nitrogen and oxygen atoms in total. The lowest BCUT2D eigenvalue weighted by Crippen LogP contribution is -2.31. The molecule has 0 heterocycles. The highest BCUT2D eigenvalue weighted by Crippen LogP contribution is 2.38. The monoisotopic (exact) mass is 628 g/mol. The second-order valence-electron chi connectivity index (χ2n) is 8.65. The minimum absolute atomic E-state index is 0.128.